The predicted octanol–water partition coefficient (Wildman–Crippen LogP) is 3.65. The van der Waals surface area contributed by atoms with Gasteiger partial charge in [-0.25, -0.2) is 14.8 Å². The molecule has 1 fully saturated rings. The average Bonchev–Trinajstić information content (AvgIpc) is 3.19. The van der Waals surface area contributed by atoms with Gasteiger partial charge in [0.05, 0.1) is 28.6 Å². The van der Waals surface area contributed by atoms with Crippen LogP contribution in [0.25, 0.3) is 10.2 Å². The average molecular weight is 493 g/mol. The van der Waals surface area contributed by atoms with Gasteiger partial charge in [-0.1, -0.05) is 6.58 Å². The van der Waals surface area contributed by atoms with E-state index in [2.05, 4.69) is 32.5 Å². The van der Waals surface area contributed by atoms with Crippen LogP contribution < -0.4 is 25.6 Å². The maximum absolute atomic E-state index is 13.3. The lowest BCUT2D eigenvalue weighted by atomic mass is 9.96. The minimum absolute atomic E-state index is 0.210. The lowest BCUT2D eigenvalue weighted by Crippen LogP contribution is -2.36. The van der Waals surface area contributed by atoms with E-state index >= 15 is 0 Å². The van der Waals surface area contributed by atoms with Crippen molar-refractivity contribution < 1.29 is 19.1 Å². The number of thiophene rings is 1. The number of nitrogens with one attached hydrogen (secondary N) is 3. The van der Waals surface area contributed by atoms with Gasteiger partial charge >= 0.3 is 6.03 Å². The second-order valence-electron chi connectivity index (χ2n) is 8.31. The molecule has 10 nitrogen and oxygen atoms in total. The fraction of sp³-hybridized carbons (Fsp3) is 0.292. The number of nitrogens with zero attached hydrogens (tertiary/aromatic N) is 3. The van der Waals surface area contributed by atoms with Crippen LogP contribution in [-0.2, 0) is 4.79 Å². The molecule has 1 aliphatic heterocycles. The number of aromatic nitrogens is 2. The van der Waals surface area contributed by atoms with Crippen molar-refractivity contribution in [3.63, 3.8) is 0 Å². The van der Waals surface area contributed by atoms with Crippen molar-refractivity contribution in [2.75, 3.05) is 23.3 Å². The Morgan fingerprint density at radius 2 is 2.09 bits per heavy atom. The normalized spacial score (nSPS) is 14.8. The van der Waals surface area contributed by atoms with Gasteiger partial charge in [0.15, 0.2) is 0 Å². The number of hydrogen-bond donors (Lipinski definition) is 3. The first kappa shape index (κ1) is 22.8. The van der Waals surface area contributed by atoms with Gasteiger partial charge in [-0.05, 0) is 43.9 Å². The Labute approximate surface area is 205 Å². The molecule has 3 aromatic heterocycles. The van der Waals surface area contributed by atoms with E-state index in [-0.39, 0.29) is 31.0 Å². The van der Waals surface area contributed by atoms with Crippen LogP contribution in [0.5, 0.6) is 5.88 Å². The molecule has 5 rings (SSSR count). The first-order valence-electron chi connectivity index (χ1n) is 11.3. The van der Waals surface area contributed by atoms with Crippen LogP contribution in [-0.4, -0.2) is 47.0 Å². The number of hydrogen-bond acceptors (Lipinski definition) is 7. The Morgan fingerprint density at radius 3 is 2.80 bits per heavy atom. The zero-order chi connectivity index (χ0) is 24.5. The standard InChI is InChI=1S/C24H24N6O4S/c1-3-17(31)25-9-10-26-22(32)21-20-19-15(7-8-27-23(19)35-21)30(24(33)29-20)16-12-28-18(11-13(16)2)34-14-5-4-6-14/h3,7-8,11-12,14H,1,4-6,9-10H2,2H3,(H,25,31)(H,26,32)(H,29,33). The number of carbonyl (C=O) groups is 3. The fourth-order valence-electron chi connectivity index (χ4n) is 3.98. The Morgan fingerprint density at radius 1 is 1.29 bits per heavy atom. The van der Waals surface area contributed by atoms with Crippen molar-refractivity contribution in [1.29, 1.82) is 0 Å². The fourth-order valence-corrected chi connectivity index (χ4v) is 5.01. The van der Waals surface area contributed by atoms with Crippen LogP contribution in [0.4, 0.5) is 21.9 Å². The molecule has 0 radical (unpaired) electrons. The minimum Gasteiger partial charge on any atom is -0.474 e. The molecule has 1 aliphatic carbocycles. The molecule has 11 heteroatoms. The molecule has 1 saturated carbocycles. The molecule has 3 N–H and O–H groups in total. The summed E-state index contributed by atoms with van der Waals surface area (Å²) in [6.45, 7) is 5.78. The summed E-state index contributed by atoms with van der Waals surface area (Å²) in [6.07, 6.45) is 7.87. The van der Waals surface area contributed by atoms with Crippen molar-refractivity contribution >= 4 is 56.5 Å². The van der Waals surface area contributed by atoms with Crippen LogP contribution in [0.1, 0.15) is 34.5 Å². The molecule has 0 aromatic carbocycles. The van der Waals surface area contributed by atoms with Crippen LogP contribution >= 0.6 is 11.3 Å². The van der Waals surface area contributed by atoms with E-state index in [0.29, 0.717) is 38.0 Å². The molecule has 0 unspecified atom stereocenters. The molecule has 3 aromatic rings. The lowest BCUT2D eigenvalue weighted by molar-refractivity contribution is -0.116. The molecule has 180 valence electrons. The molecule has 4 heterocycles. The van der Waals surface area contributed by atoms with Crippen molar-refractivity contribution in [2.24, 2.45) is 0 Å². The van der Waals surface area contributed by atoms with E-state index in [1.165, 1.54) is 23.8 Å². The number of carbonyl (C=O) groups excluding carboxylic acids is 3. The van der Waals surface area contributed by atoms with Gasteiger partial charge in [0.25, 0.3) is 5.91 Å². The Bertz CT molecular complexity index is 1350. The molecule has 35 heavy (non-hydrogen) atoms. The Hall–Kier alpha value is -3.99. The highest BCUT2D eigenvalue weighted by atomic mass is 32.1. The lowest BCUT2D eigenvalue weighted by Gasteiger charge is -2.30. The third kappa shape index (κ3) is 4.30. The maximum Gasteiger partial charge on any atom is 0.331 e. The third-order valence-corrected chi connectivity index (χ3v) is 7.08. The molecular weight excluding hydrogens is 468 g/mol. The minimum atomic E-state index is -0.395. The van der Waals surface area contributed by atoms with E-state index in [1.807, 2.05) is 13.0 Å². The quantitative estimate of drug-likeness (QED) is 0.326. The van der Waals surface area contributed by atoms with Crippen molar-refractivity contribution in [1.82, 2.24) is 20.6 Å². The molecule has 0 atom stereocenters. The monoisotopic (exact) mass is 492 g/mol. The molecule has 0 bridgehead atoms. The summed E-state index contributed by atoms with van der Waals surface area (Å²) in [5, 5.41) is 8.92. The summed E-state index contributed by atoms with van der Waals surface area (Å²) in [5.41, 5.74) is 2.52. The number of amides is 4. The van der Waals surface area contributed by atoms with Gasteiger partial charge in [0, 0.05) is 25.4 Å². The summed E-state index contributed by atoms with van der Waals surface area (Å²) < 4.78 is 5.89. The number of urea groups is 1. The van der Waals surface area contributed by atoms with Crippen LogP contribution in [0, 0.1) is 6.92 Å². The summed E-state index contributed by atoms with van der Waals surface area (Å²) in [5.74, 6) is -0.122. The van der Waals surface area contributed by atoms with Crippen molar-refractivity contribution in [3.8, 4) is 5.88 Å². The van der Waals surface area contributed by atoms with Crippen molar-refractivity contribution in [3.05, 3.63) is 47.6 Å². The van der Waals surface area contributed by atoms with E-state index in [9.17, 15) is 14.4 Å². The van der Waals surface area contributed by atoms with Gasteiger partial charge in [-0.2, -0.15) is 0 Å². The number of pyridine rings is 2. The van der Waals surface area contributed by atoms with Gasteiger partial charge in [0.1, 0.15) is 15.8 Å². The molecular formula is C24H24N6O4S. The van der Waals surface area contributed by atoms with E-state index in [0.717, 1.165) is 18.4 Å². The summed E-state index contributed by atoms with van der Waals surface area (Å²) in [4.78, 5) is 48.8. The third-order valence-electron chi connectivity index (χ3n) is 5.99. The highest BCUT2D eigenvalue weighted by Crippen LogP contribution is 2.46. The van der Waals surface area contributed by atoms with Gasteiger partial charge in [0.2, 0.25) is 11.8 Å². The Balaban J connectivity index is 1.42. The van der Waals surface area contributed by atoms with E-state index in [4.69, 9.17) is 4.74 Å². The Kier molecular flexibility index (Phi) is 6.08. The zero-order valence-corrected chi connectivity index (χ0v) is 19.9. The summed E-state index contributed by atoms with van der Waals surface area (Å²) >= 11 is 1.20. The maximum atomic E-state index is 13.3. The summed E-state index contributed by atoms with van der Waals surface area (Å²) in [6, 6.07) is 3.20. The molecule has 0 spiro atoms. The SMILES string of the molecule is C=CC(=O)NCCNC(=O)c1sc2nccc3c2c1NC(=O)N3c1cnc(OC2CCC2)cc1C. The first-order chi connectivity index (χ1) is 17.0. The predicted molar refractivity (Wildman–Crippen MR) is 134 cm³/mol. The van der Waals surface area contributed by atoms with E-state index in [1.54, 1.807) is 23.4 Å². The number of ether oxygens (including phenoxy) is 1. The number of rotatable bonds is 8. The summed E-state index contributed by atoms with van der Waals surface area (Å²) in [7, 11) is 0. The van der Waals surface area contributed by atoms with Crippen LogP contribution in [0.3, 0.4) is 0 Å². The number of aryl methyl sites for hydroxylation is 1. The molecule has 2 aliphatic rings. The van der Waals surface area contributed by atoms with Gasteiger partial charge in [-0.15, -0.1) is 11.3 Å². The second-order valence-corrected chi connectivity index (χ2v) is 9.31. The van der Waals surface area contributed by atoms with Crippen LogP contribution in [0.2, 0.25) is 0 Å². The van der Waals surface area contributed by atoms with Gasteiger partial charge < -0.3 is 20.7 Å². The second kappa shape index (κ2) is 9.34. The topological polar surface area (TPSA) is 126 Å². The smallest absolute Gasteiger partial charge is 0.331 e. The molecule has 0 saturated heterocycles. The zero-order valence-electron chi connectivity index (χ0n) is 19.1. The van der Waals surface area contributed by atoms with E-state index < -0.39 is 6.03 Å². The van der Waals surface area contributed by atoms with Gasteiger partial charge in [-0.3, -0.25) is 14.5 Å². The largest absolute Gasteiger partial charge is 0.474 e. The first-order valence-corrected chi connectivity index (χ1v) is 12.1. The molecule has 4 amide bonds. The highest BCUT2D eigenvalue weighted by Gasteiger charge is 2.33. The number of anilines is 3. The van der Waals surface area contributed by atoms with Crippen LogP contribution in [0.15, 0.2) is 37.2 Å². The van der Waals surface area contributed by atoms with Crippen molar-refractivity contribution in [2.45, 2.75) is 32.3 Å². The highest BCUT2D eigenvalue weighted by molar-refractivity contribution is 7.21.